The monoisotopic (exact) mass is 526 g/mol. The number of hydrogen-bond donors (Lipinski definition) is 0. The molecule has 0 saturated carbocycles. The van der Waals surface area contributed by atoms with Crippen LogP contribution >= 0.6 is 32.4 Å². The van der Waals surface area contributed by atoms with E-state index < -0.39 is 10.0 Å². The molecule has 3 rings (SSSR count). The van der Waals surface area contributed by atoms with Crippen molar-refractivity contribution in [3.05, 3.63) is 84.2 Å². The van der Waals surface area contributed by atoms with Crippen molar-refractivity contribution in [3.8, 4) is 5.75 Å². The molecule has 30 heavy (non-hydrogen) atoms. The van der Waals surface area contributed by atoms with E-state index in [0.717, 1.165) is 12.2 Å². The Morgan fingerprint density at radius 3 is 2.10 bits per heavy atom. The molecule has 12 heteroatoms. The van der Waals surface area contributed by atoms with E-state index in [9.17, 15) is 8.42 Å². The molecule has 1 aromatic heterocycles. The molecule has 0 spiro atoms. The fraction of sp³-hybridized carbons (Fsp3) is 0. The van der Waals surface area contributed by atoms with Crippen LogP contribution in [0, 0.1) is 0 Å². The van der Waals surface area contributed by atoms with E-state index >= 15 is 0 Å². The summed E-state index contributed by atoms with van der Waals surface area (Å²) in [5.41, 5.74) is 0.937. The molecule has 7 nitrogen and oxygen atoms in total. The van der Waals surface area contributed by atoms with E-state index in [1.54, 1.807) is 42.5 Å². The zero-order valence-corrected chi connectivity index (χ0v) is 19.2. The van der Waals surface area contributed by atoms with Crippen molar-refractivity contribution in [2.45, 2.75) is 4.90 Å². The molecule has 0 aliphatic carbocycles. The van der Waals surface area contributed by atoms with Crippen molar-refractivity contribution in [2.75, 3.05) is 0 Å². The van der Waals surface area contributed by atoms with Gasteiger partial charge in [0.25, 0.3) is 10.0 Å². The number of nitrogens with zero attached hydrogens (tertiary/aromatic N) is 3. The number of sulfonamides is 1. The van der Waals surface area contributed by atoms with Gasteiger partial charge in [-0.15, -0.1) is 11.4 Å². The summed E-state index contributed by atoms with van der Waals surface area (Å²) in [6.07, 6.45) is 2.66. The first-order valence-electron chi connectivity index (χ1n) is 7.98. The third-order valence-corrected chi connectivity index (χ3v) is 4.75. The summed E-state index contributed by atoms with van der Waals surface area (Å²) in [6, 6.07) is 20.3. The molecule has 0 amide bonds. The van der Waals surface area contributed by atoms with Gasteiger partial charge < -0.3 is 9.87 Å². The Balaban J connectivity index is 0.00000101. The summed E-state index contributed by atoms with van der Waals surface area (Å²) in [4.78, 5) is 9.32. The van der Waals surface area contributed by atoms with Gasteiger partial charge in [0.15, 0.2) is 18.0 Å². The maximum absolute atomic E-state index is 12.1. The quantitative estimate of drug-likeness (QED) is 0.0794. The van der Waals surface area contributed by atoms with Gasteiger partial charge in [0, 0.05) is 12.4 Å². The van der Waals surface area contributed by atoms with E-state index in [1.165, 1.54) is 24.6 Å². The van der Waals surface area contributed by atoms with Gasteiger partial charge in [-0.05, 0) is 24.3 Å². The van der Waals surface area contributed by atoms with E-state index in [2.05, 4.69) is 13.8 Å². The van der Waals surface area contributed by atoms with Crippen molar-refractivity contribution in [1.82, 2.24) is 4.98 Å². The first kappa shape index (κ1) is 24.5. The molecule has 0 unspecified atom stereocenters. The summed E-state index contributed by atoms with van der Waals surface area (Å²) >= 11 is 0.939. The average Bonchev–Trinajstić information content (AvgIpc) is 3.22. The van der Waals surface area contributed by atoms with Gasteiger partial charge in [-0.1, -0.05) is 52.9 Å². The standard InChI is InChI=1S/C18H14N3O4S2.2ClH.Fe/c22-27(23,18-9-5-2-6-10-18)20-14-16-12-11-15(21-16)13-19-26-25-24-17-7-3-1-4-8-17;;;/h1-14H;2*1H;/q-1;;;+3/p-2/b19-13+,20-14+;;;. The molecule has 0 saturated heterocycles. The van der Waals surface area contributed by atoms with Gasteiger partial charge in [0.2, 0.25) is 0 Å². The molecule has 3 aromatic rings. The van der Waals surface area contributed by atoms with Gasteiger partial charge >= 0.3 is 33.3 Å². The third-order valence-electron chi connectivity index (χ3n) is 3.18. The molecule has 0 N–H and O–H groups in total. The number of hydrogen-bond acceptors (Lipinski definition) is 6. The fourth-order valence-electron chi connectivity index (χ4n) is 1.94. The Morgan fingerprint density at radius 2 is 1.47 bits per heavy atom. The predicted octanol–water partition coefficient (Wildman–Crippen LogP) is 4.82. The molecule has 0 atom stereocenters. The predicted molar refractivity (Wildman–Crippen MR) is 116 cm³/mol. The average molecular weight is 527 g/mol. The third kappa shape index (κ3) is 8.93. The number of para-hydroxylation sites is 1. The van der Waals surface area contributed by atoms with Gasteiger partial charge in [-0.2, -0.15) is 17.2 Å². The van der Waals surface area contributed by atoms with Crippen molar-refractivity contribution >= 4 is 54.9 Å². The van der Waals surface area contributed by atoms with Crippen LogP contribution in [0.4, 0.5) is 0 Å². The fourth-order valence-corrected chi connectivity index (χ4v) is 3.10. The van der Waals surface area contributed by atoms with Crippen LogP contribution in [-0.2, 0) is 27.5 Å². The summed E-state index contributed by atoms with van der Waals surface area (Å²) in [5.74, 6) is 0.560. The van der Waals surface area contributed by atoms with Crippen LogP contribution < -0.4 is 9.87 Å². The van der Waals surface area contributed by atoms with E-state index in [1.807, 2.05) is 18.2 Å². The first-order chi connectivity index (χ1) is 14.5. The number of benzene rings is 2. The van der Waals surface area contributed by atoms with E-state index in [4.69, 9.17) is 29.4 Å². The second kappa shape index (κ2) is 13.5. The second-order valence-corrected chi connectivity index (χ2v) is 9.09. The molecule has 2 aromatic carbocycles. The van der Waals surface area contributed by atoms with Crippen molar-refractivity contribution < 1.29 is 30.8 Å². The van der Waals surface area contributed by atoms with Crippen molar-refractivity contribution in [3.63, 3.8) is 0 Å². The Bertz CT molecular complexity index is 1050. The molecule has 0 radical (unpaired) electrons. The molecular formula is C18H14Cl2FeN3O4S2. The van der Waals surface area contributed by atoms with Gasteiger partial charge in [0.05, 0.1) is 4.90 Å². The van der Waals surface area contributed by atoms with Crippen LogP contribution in [-0.4, -0.2) is 20.8 Å². The Hall–Kier alpha value is -1.78. The molecule has 159 valence electrons. The summed E-state index contributed by atoms with van der Waals surface area (Å²) in [7, 11) is 5.78. The van der Waals surface area contributed by atoms with Crippen LogP contribution in [0.5, 0.6) is 5.75 Å². The molecule has 0 fully saturated rings. The molecule has 1 heterocycles. The van der Waals surface area contributed by atoms with Crippen LogP contribution in [0.25, 0.3) is 0 Å². The summed E-state index contributed by atoms with van der Waals surface area (Å²) in [5, 5.41) is 0. The number of rotatable bonds is 8. The molecule has 0 aliphatic heterocycles. The Labute approximate surface area is 193 Å². The zero-order chi connectivity index (χ0) is 21.7. The van der Waals surface area contributed by atoms with Crippen LogP contribution in [0.15, 0.2) is 86.5 Å². The van der Waals surface area contributed by atoms with Gasteiger partial charge in [-0.3, -0.25) is 0 Å². The molecule has 0 aliphatic rings. The van der Waals surface area contributed by atoms with Crippen LogP contribution in [0.2, 0.25) is 0 Å². The van der Waals surface area contributed by atoms with Crippen molar-refractivity contribution in [2.24, 2.45) is 8.80 Å². The van der Waals surface area contributed by atoms with Gasteiger partial charge in [0.1, 0.15) is 0 Å². The second-order valence-electron chi connectivity index (χ2n) is 5.14. The summed E-state index contributed by atoms with van der Waals surface area (Å²) < 4.78 is 36.6. The Kier molecular flexibility index (Phi) is 11.0. The minimum absolute atomic E-state index is 0.126. The zero-order valence-electron chi connectivity index (χ0n) is 15.0. The SMILES string of the molecule is O=S(=O)(/N=C/c1ccc(/C=N/SOOc2ccccc2)[n-]1)c1ccccc1.[Cl][Fe+][Cl]. The van der Waals surface area contributed by atoms with Crippen LogP contribution in [0.1, 0.15) is 11.4 Å². The van der Waals surface area contributed by atoms with E-state index in [-0.39, 0.29) is 18.0 Å². The van der Waals surface area contributed by atoms with Gasteiger partial charge in [-0.25, -0.2) is 0 Å². The topological polar surface area (TPSA) is 91.4 Å². The van der Waals surface area contributed by atoms with E-state index in [0.29, 0.717) is 17.1 Å². The first-order valence-corrected chi connectivity index (χ1v) is 13.2. The maximum atomic E-state index is 12.1. The molecule has 0 bridgehead atoms. The van der Waals surface area contributed by atoms with Crippen LogP contribution in [0.3, 0.4) is 0 Å². The Morgan fingerprint density at radius 1 is 0.900 bits per heavy atom. The summed E-state index contributed by atoms with van der Waals surface area (Å²) in [6.45, 7) is 0. The minimum atomic E-state index is -3.74. The molecular weight excluding hydrogens is 513 g/mol. The number of aromatic nitrogens is 1. The normalized spacial score (nSPS) is 11.4. The van der Waals surface area contributed by atoms with Crippen molar-refractivity contribution in [1.29, 1.82) is 0 Å². The number of halogens is 2.